The Balaban J connectivity index is 1.77. The molecular weight excluding hydrogens is 228 g/mol. The Morgan fingerprint density at radius 3 is 3.00 bits per heavy atom. The zero-order valence-corrected chi connectivity index (χ0v) is 10.5. The van der Waals surface area contributed by atoms with Gasteiger partial charge in [-0.1, -0.05) is 18.2 Å². The first-order valence-electron chi connectivity index (χ1n) is 6.43. The van der Waals surface area contributed by atoms with Crippen LogP contribution >= 0.6 is 0 Å². The molecule has 2 rings (SSSR count). The number of amides is 1. The number of hydrogen-bond donors (Lipinski definition) is 2. The molecule has 1 saturated heterocycles. The smallest absolute Gasteiger partial charge is 0.249 e. The van der Waals surface area contributed by atoms with Crippen LogP contribution in [0.15, 0.2) is 24.3 Å². The lowest BCUT2D eigenvalue weighted by Crippen LogP contribution is -2.21. The van der Waals surface area contributed by atoms with Crippen LogP contribution in [0.5, 0.6) is 0 Å². The van der Waals surface area contributed by atoms with Crippen molar-refractivity contribution in [2.75, 3.05) is 19.8 Å². The van der Waals surface area contributed by atoms with E-state index in [4.69, 9.17) is 10.5 Å². The van der Waals surface area contributed by atoms with E-state index in [0.717, 1.165) is 31.7 Å². The largest absolute Gasteiger partial charge is 0.381 e. The number of hydrogen-bond acceptors (Lipinski definition) is 3. The van der Waals surface area contributed by atoms with Gasteiger partial charge < -0.3 is 15.8 Å². The highest BCUT2D eigenvalue weighted by Gasteiger charge is 2.14. The second-order valence-corrected chi connectivity index (χ2v) is 4.72. The molecule has 1 aromatic carbocycles. The lowest BCUT2D eigenvalue weighted by molar-refractivity contribution is 0.0999. The summed E-state index contributed by atoms with van der Waals surface area (Å²) in [7, 11) is 0. The Bertz CT molecular complexity index is 401. The zero-order valence-electron chi connectivity index (χ0n) is 10.5. The van der Waals surface area contributed by atoms with E-state index in [1.165, 1.54) is 6.42 Å². The second kappa shape index (κ2) is 6.52. The van der Waals surface area contributed by atoms with Crippen LogP contribution in [-0.4, -0.2) is 25.7 Å². The van der Waals surface area contributed by atoms with Crippen molar-refractivity contribution in [3.8, 4) is 0 Å². The van der Waals surface area contributed by atoms with E-state index in [2.05, 4.69) is 5.32 Å². The third-order valence-corrected chi connectivity index (χ3v) is 3.35. The van der Waals surface area contributed by atoms with Gasteiger partial charge in [0.2, 0.25) is 5.91 Å². The third-order valence-electron chi connectivity index (χ3n) is 3.35. The van der Waals surface area contributed by atoms with Gasteiger partial charge in [0, 0.05) is 25.3 Å². The fourth-order valence-electron chi connectivity index (χ4n) is 2.26. The lowest BCUT2D eigenvalue weighted by Gasteiger charge is -2.10. The van der Waals surface area contributed by atoms with Crippen LogP contribution in [-0.2, 0) is 11.3 Å². The minimum absolute atomic E-state index is 0.364. The number of ether oxygens (including phenoxy) is 1. The van der Waals surface area contributed by atoms with Gasteiger partial charge in [-0.15, -0.1) is 0 Å². The fraction of sp³-hybridized carbons (Fsp3) is 0.500. The van der Waals surface area contributed by atoms with E-state index >= 15 is 0 Å². The van der Waals surface area contributed by atoms with Crippen molar-refractivity contribution < 1.29 is 9.53 Å². The SMILES string of the molecule is NC(=O)c1ccccc1CNCCC1CCOC1. The van der Waals surface area contributed by atoms with Crippen molar-refractivity contribution >= 4 is 5.91 Å². The molecule has 1 fully saturated rings. The molecule has 4 heteroatoms. The van der Waals surface area contributed by atoms with Crippen LogP contribution in [0.2, 0.25) is 0 Å². The summed E-state index contributed by atoms with van der Waals surface area (Å²) in [5.74, 6) is 0.320. The Morgan fingerprint density at radius 2 is 2.28 bits per heavy atom. The number of rotatable bonds is 6. The minimum Gasteiger partial charge on any atom is -0.381 e. The summed E-state index contributed by atoms with van der Waals surface area (Å²) in [5.41, 5.74) is 6.91. The number of nitrogens with one attached hydrogen (secondary N) is 1. The molecule has 1 heterocycles. The number of carbonyl (C=O) groups excluding carboxylic acids is 1. The summed E-state index contributed by atoms with van der Waals surface area (Å²) in [6, 6.07) is 7.46. The summed E-state index contributed by atoms with van der Waals surface area (Å²) in [4.78, 5) is 11.2. The monoisotopic (exact) mass is 248 g/mol. The summed E-state index contributed by atoms with van der Waals surface area (Å²) >= 11 is 0. The van der Waals surface area contributed by atoms with E-state index in [9.17, 15) is 4.79 Å². The van der Waals surface area contributed by atoms with Crippen LogP contribution in [0.1, 0.15) is 28.8 Å². The molecule has 0 bridgehead atoms. The molecule has 4 nitrogen and oxygen atoms in total. The highest BCUT2D eigenvalue weighted by atomic mass is 16.5. The average Bonchev–Trinajstić information content (AvgIpc) is 2.88. The maximum Gasteiger partial charge on any atom is 0.249 e. The van der Waals surface area contributed by atoms with Gasteiger partial charge in [0.15, 0.2) is 0 Å². The molecule has 0 aromatic heterocycles. The molecule has 18 heavy (non-hydrogen) atoms. The predicted molar refractivity (Wildman–Crippen MR) is 70.2 cm³/mol. The molecule has 98 valence electrons. The van der Waals surface area contributed by atoms with Gasteiger partial charge in [0.1, 0.15) is 0 Å². The van der Waals surface area contributed by atoms with Crippen molar-refractivity contribution in [3.05, 3.63) is 35.4 Å². The highest BCUT2D eigenvalue weighted by Crippen LogP contribution is 2.15. The van der Waals surface area contributed by atoms with Gasteiger partial charge >= 0.3 is 0 Å². The highest BCUT2D eigenvalue weighted by molar-refractivity contribution is 5.94. The van der Waals surface area contributed by atoms with Crippen LogP contribution in [0.4, 0.5) is 0 Å². The number of carbonyl (C=O) groups is 1. The van der Waals surface area contributed by atoms with Crippen LogP contribution in [0.25, 0.3) is 0 Å². The van der Waals surface area contributed by atoms with E-state index in [1.807, 2.05) is 18.2 Å². The van der Waals surface area contributed by atoms with Gasteiger partial charge in [-0.2, -0.15) is 0 Å². The molecule has 0 aliphatic carbocycles. The van der Waals surface area contributed by atoms with E-state index in [0.29, 0.717) is 18.0 Å². The Morgan fingerprint density at radius 1 is 1.44 bits per heavy atom. The lowest BCUT2D eigenvalue weighted by atomic mass is 10.0. The average molecular weight is 248 g/mol. The fourth-order valence-corrected chi connectivity index (χ4v) is 2.26. The number of nitrogens with two attached hydrogens (primary N) is 1. The second-order valence-electron chi connectivity index (χ2n) is 4.72. The molecule has 0 radical (unpaired) electrons. The molecular formula is C14H20N2O2. The summed E-state index contributed by atoms with van der Waals surface area (Å²) in [6.45, 7) is 3.42. The van der Waals surface area contributed by atoms with Gasteiger partial charge in [0.05, 0.1) is 0 Å². The first-order chi connectivity index (χ1) is 8.77. The van der Waals surface area contributed by atoms with Crippen molar-refractivity contribution in [3.63, 3.8) is 0 Å². The van der Waals surface area contributed by atoms with Crippen LogP contribution in [0.3, 0.4) is 0 Å². The summed E-state index contributed by atoms with van der Waals surface area (Å²) in [6.07, 6.45) is 2.29. The maximum atomic E-state index is 11.2. The topological polar surface area (TPSA) is 64.4 Å². The van der Waals surface area contributed by atoms with Crippen LogP contribution in [0, 0.1) is 5.92 Å². The number of primary amides is 1. The standard InChI is InChI=1S/C14H20N2O2/c15-14(17)13-4-2-1-3-12(13)9-16-7-5-11-6-8-18-10-11/h1-4,11,16H,5-10H2,(H2,15,17). The zero-order chi connectivity index (χ0) is 12.8. The molecule has 0 saturated carbocycles. The molecule has 1 aromatic rings. The van der Waals surface area contributed by atoms with E-state index in [1.54, 1.807) is 6.07 Å². The Labute approximate surface area is 108 Å². The quantitative estimate of drug-likeness (QED) is 0.746. The van der Waals surface area contributed by atoms with Gasteiger partial charge in [-0.3, -0.25) is 4.79 Å². The van der Waals surface area contributed by atoms with Gasteiger partial charge in [0.25, 0.3) is 0 Å². The number of benzene rings is 1. The van der Waals surface area contributed by atoms with Crippen molar-refractivity contribution in [2.24, 2.45) is 11.7 Å². The summed E-state index contributed by atoms with van der Waals surface area (Å²) < 4.78 is 5.33. The van der Waals surface area contributed by atoms with Gasteiger partial charge in [-0.25, -0.2) is 0 Å². The summed E-state index contributed by atoms with van der Waals surface area (Å²) in [5, 5.41) is 3.36. The molecule has 1 unspecified atom stereocenters. The molecule has 0 spiro atoms. The van der Waals surface area contributed by atoms with E-state index in [-0.39, 0.29) is 5.91 Å². The maximum absolute atomic E-state index is 11.2. The molecule has 1 amide bonds. The van der Waals surface area contributed by atoms with Crippen LogP contribution < -0.4 is 11.1 Å². The van der Waals surface area contributed by atoms with Crippen molar-refractivity contribution in [1.82, 2.24) is 5.32 Å². The first-order valence-corrected chi connectivity index (χ1v) is 6.43. The third kappa shape index (κ3) is 3.55. The minimum atomic E-state index is -0.364. The molecule has 1 atom stereocenters. The van der Waals surface area contributed by atoms with Crippen molar-refractivity contribution in [2.45, 2.75) is 19.4 Å². The Kier molecular flexibility index (Phi) is 4.73. The predicted octanol–water partition coefficient (Wildman–Crippen LogP) is 1.30. The first kappa shape index (κ1) is 13.1. The molecule has 1 aliphatic heterocycles. The van der Waals surface area contributed by atoms with E-state index < -0.39 is 0 Å². The van der Waals surface area contributed by atoms with Crippen molar-refractivity contribution in [1.29, 1.82) is 0 Å². The normalized spacial score (nSPS) is 19.0. The Hall–Kier alpha value is -1.39. The molecule has 1 aliphatic rings. The van der Waals surface area contributed by atoms with Gasteiger partial charge in [-0.05, 0) is 36.9 Å². The molecule has 3 N–H and O–H groups in total.